The van der Waals surface area contributed by atoms with Crippen molar-refractivity contribution in [3.63, 3.8) is 0 Å². The third-order valence-electron chi connectivity index (χ3n) is 0. The fourth-order valence-electron chi connectivity index (χ4n) is 0. The molecule has 0 amide bonds. The molecule has 0 aromatic carbocycles. The number of nitrogens with one attached hydrogen (secondary N) is 1. The molecule has 0 aliphatic heterocycles. The van der Waals surface area contributed by atoms with Crippen LogP contribution in [-0.2, 0) is 0 Å². The van der Waals surface area contributed by atoms with Gasteiger partial charge in [0.2, 0.25) is 0 Å². The minimum Gasteiger partial charge on any atom is -1.00 e. The molecule has 0 aromatic rings. The van der Waals surface area contributed by atoms with Gasteiger partial charge in [0.1, 0.15) is 0 Å². The van der Waals surface area contributed by atoms with Gasteiger partial charge in [-0.15, -0.1) is 0 Å². The molecule has 0 spiro atoms. The van der Waals surface area contributed by atoms with E-state index < -0.39 is 0 Å². The summed E-state index contributed by atoms with van der Waals surface area (Å²) in [5.74, 6) is 0. The Balaban J connectivity index is -0.0000000200. The molecule has 0 unspecified atom stereocenters. The normalized spacial score (nSPS) is 3.80. The third-order valence-corrected chi connectivity index (χ3v) is 0. The van der Waals surface area contributed by atoms with Crippen molar-refractivity contribution in [3.8, 4) is 0 Å². The fraction of sp³-hybridized carbons (Fsp3) is 1.00. The van der Waals surface area contributed by atoms with Crippen LogP contribution in [0.2, 0.25) is 0 Å². The molecule has 5 heavy (non-hydrogen) atoms. The van der Waals surface area contributed by atoms with Gasteiger partial charge in [-0.1, -0.05) is 0 Å². The number of hydrogen-bond donors (Lipinski definition) is 1. The minimum absolute atomic E-state index is 0. The Morgan fingerprint density at radius 1 is 1.40 bits per heavy atom. The van der Waals surface area contributed by atoms with Crippen molar-refractivity contribution in [1.82, 2.24) is 4.30 Å². The maximum atomic E-state index is 2.67. The van der Waals surface area contributed by atoms with E-state index in [2.05, 4.69) is 20.8 Å². The Labute approximate surface area is 53.0 Å². The molecular formula is CH4AlCl2N. The van der Waals surface area contributed by atoms with Crippen LogP contribution < -0.4 is 29.1 Å². The van der Waals surface area contributed by atoms with Gasteiger partial charge in [-0.2, -0.15) is 0 Å². The van der Waals surface area contributed by atoms with E-state index in [1.54, 1.807) is 0 Å². The summed E-state index contributed by atoms with van der Waals surface area (Å²) in [5.41, 5.74) is 0. The van der Waals surface area contributed by atoms with Crippen LogP contribution in [0.5, 0.6) is 0 Å². The Hall–Kier alpha value is 1.07. The van der Waals surface area contributed by atoms with Crippen LogP contribution in [0.15, 0.2) is 0 Å². The zero-order valence-corrected chi connectivity index (χ0v) is 5.50. The summed E-state index contributed by atoms with van der Waals surface area (Å²) in [7, 11) is 1.84. The molecule has 0 aliphatic carbocycles. The van der Waals surface area contributed by atoms with Crippen LogP contribution in [-0.4, -0.2) is 23.6 Å². The van der Waals surface area contributed by atoms with E-state index in [1.165, 1.54) is 0 Å². The van der Waals surface area contributed by atoms with Crippen molar-refractivity contribution in [2.45, 2.75) is 0 Å². The Kier molecular flexibility index (Phi) is 64.8. The molecule has 0 saturated carbocycles. The van der Waals surface area contributed by atoms with Crippen LogP contribution >= 0.6 is 0 Å². The maximum absolute atomic E-state index is 2.67. The molecular weight excluding hydrogens is 124 g/mol. The molecule has 0 rings (SSSR count). The number of rotatable bonds is 0. The van der Waals surface area contributed by atoms with E-state index in [9.17, 15) is 0 Å². The van der Waals surface area contributed by atoms with Crippen molar-refractivity contribution in [3.05, 3.63) is 0 Å². The van der Waals surface area contributed by atoms with Crippen molar-refractivity contribution < 1.29 is 24.8 Å². The predicted octanol–water partition coefficient (Wildman–Crippen LogP) is -6.70. The Morgan fingerprint density at radius 2 is 1.40 bits per heavy atom. The SMILES string of the molecule is C[NH][Al+2].[Cl-].[Cl-]. The zero-order chi connectivity index (χ0) is 2.71. The van der Waals surface area contributed by atoms with E-state index in [4.69, 9.17) is 0 Å². The number of halogens is 2. The summed E-state index contributed by atoms with van der Waals surface area (Å²) < 4.78 is 2.67. The van der Waals surface area contributed by atoms with Gasteiger partial charge < -0.3 is 24.8 Å². The molecule has 0 fully saturated rings. The van der Waals surface area contributed by atoms with Crippen molar-refractivity contribution in [2.24, 2.45) is 0 Å². The van der Waals surface area contributed by atoms with E-state index in [0.717, 1.165) is 0 Å². The average molecular weight is 128 g/mol. The quantitative estimate of drug-likeness (QED) is 0.320. The maximum Gasteiger partial charge on any atom is -1.00 e. The van der Waals surface area contributed by atoms with Crippen molar-refractivity contribution in [2.75, 3.05) is 7.05 Å². The van der Waals surface area contributed by atoms with Crippen LogP contribution in [0.4, 0.5) is 0 Å². The topological polar surface area (TPSA) is 12.0 Å². The third kappa shape index (κ3) is 41.6. The summed E-state index contributed by atoms with van der Waals surface area (Å²) >= 11 is 2.33. The van der Waals surface area contributed by atoms with Crippen molar-refractivity contribution in [1.29, 1.82) is 0 Å². The molecule has 0 saturated heterocycles. The van der Waals surface area contributed by atoms with Gasteiger partial charge in [-0.25, -0.2) is 0 Å². The second-order valence-corrected chi connectivity index (χ2v) is 0.866. The fourth-order valence-corrected chi connectivity index (χ4v) is 0. The van der Waals surface area contributed by atoms with Gasteiger partial charge in [-0.3, -0.25) is 0 Å². The standard InChI is InChI=1S/CH4N.Al.2ClH/c1-2;;;/h2H,1H3;;2*1H/q-1;+3;;/p-2. The second-order valence-electron chi connectivity index (χ2n) is 0.289. The first-order valence-electron chi connectivity index (χ1n) is 0.789. The molecule has 1 nitrogen and oxygen atoms in total. The first-order chi connectivity index (χ1) is 1.41. The molecule has 0 bridgehead atoms. The molecule has 0 aromatic heterocycles. The monoisotopic (exact) mass is 127 g/mol. The van der Waals surface area contributed by atoms with Crippen LogP contribution in [0.3, 0.4) is 0 Å². The van der Waals surface area contributed by atoms with Gasteiger partial charge in [0.15, 0.2) is 0 Å². The smallest absolute Gasteiger partial charge is 1.00 e. The summed E-state index contributed by atoms with van der Waals surface area (Å²) in [6.45, 7) is 0. The number of hydrogen-bond acceptors (Lipinski definition) is 1. The zero-order valence-electron chi connectivity index (χ0n) is 2.83. The minimum atomic E-state index is 0. The van der Waals surface area contributed by atoms with Crippen molar-refractivity contribution >= 4 is 16.5 Å². The van der Waals surface area contributed by atoms with Gasteiger partial charge in [-0.05, 0) is 0 Å². The summed E-state index contributed by atoms with van der Waals surface area (Å²) in [6, 6.07) is 0. The summed E-state index contributed by atoms with van der Waals surface area (Å²) in [5, 5.41) is 0. The molecule has 1 N–H and O–H groups in total. The van der Waals surface area contributed by atoms with Gasteiger partial charge in [0, 0.05) is 0 Å². The molecule has 4 heteroatoms. The Bertz CT molecular complexity index is 9.61. The first kappa shape index (κ1) is 16.6. The molecule has 0 atom stereocenters. The molecule has 0 aliphatic rings. The van der Waals surface area contributed by atoms with Crippen LogP contribution in [0, 0.1) is 0 Å². The van der Waals surface area contributed by atoms with Crippen LogP contribution in [0.25, 0.3) is 0 Å². The van der Waals surface area contributed by atoms with E-state index >= 15 is 0 Å². The van der Waals surface area contributed by atoms with Gasteiger partial charge in [0.05, 0.1) is 0 Å². The van der Waals surface area contributed by atoms with E-state index in [1.807, 2.05) is 7.05 Å². The van der Waals surface area contributed by atoms with E-state index in [-0.39, 0.29) is 24.8 Å². The summed E-state index contributed by atoms with van der Waals surface area (Å²) in [4.78, 5) is 0. The van der Waals surface area contributed by atoms with Crippen LogP contribution in [0.1, 0.15) is 0 Å². The molecule has 0 heterocycles. The Morgan fingerprint density at radius 3 is 1.40 bits per heavy atom. The predicted molar refractivity (Wildman–Crippen MR) is 14.8 cm³/mol. The van der Waals surface area contributed by atoms with E-state index in [0.29, 0.717) is 0 Å². The summed E-state index contributed by atoms with van der Waals surface area (Å²) in [6.07, 6.45) is 0. The van der Waals surface area contributed by atoms with Gasteiger partial charge >= 0.3 is 27.9 Å². The second kappa shape index (κ2) is 19.6. The largest absolute Gasteiger partial charge is 1.00 e. The molecule has 0 radical (unpaired) electrons. The first-order valence-corrected chi connectivity index (χ1v) is 1.37. The van der Waals surface area contributed by atoms with Gasteiger partial charge in [0.25, 0.3) is 0 Å². The molecule has 30 valence electrons. The average Bonchev–Trinajstić information content (AvgIpc) is 0.918.